The van der Waals surface area contributed by atoms with Crippen LogP contribution in [-0.2, 0) is 19.1 Å². The number of carboxylic acids is 1. The molecule has 3 heterocycles. The van der Waals surface area contributed by atoms with Gasteiger partial charge < -0.3 is 29.6 Å². The molecule has 9 heteroatoms. The Morgan fingerprint density at radius 3 is 2.37 bits per heavy atom. The van der Waals surface area contributed by atoms with E-state index in [-0.39, 0.29) is 25.6 Å². The number of aliphatic carboxylic acids is 1. The van der Waals surface area contributed by atoms with Crippen molar-refractivity contribution >= 4 is 29.2 Å². The summed E-state index contributed by atoms with van der Waals surface area (Å²) in [5.41, 5.74) is -0.557. The summed E-state index contributed by atoms with van der Waals surface area (Å²) in [7, 11) is 0. The SMILES string of the molecule is C=CCN(C(=O)C1N(CCO)C(=O)[C@@H]2[C@H](C(=O)O)[C@]3(C)CCC12O3)c1ccc(N(CC)CC)cc1. The Labute approximate surface area is 205 Å². The molecule has 1 spiro atoms. The molecule has 3 aliphatic heterocycles. The monoisotopic (exact) mass is 485 g/mol. The van der Waals surface area contributed by atoms with Gasteiger partial charge in [0.15, 0.2) is 0 Å². The summed E-state index contributed by atoms with van der Waals surface area (Å²) in [5.74, 6) is -3.90. The van der Waals surface area contributed by atoms with Crippen molar-refractivity contribution < 1.29 is 29.3 Å². The van der Waals surface area contributed by atoms with Gasteiger partial charge in [0.2, 0.25) is 5.91 Å². The largest absolute Gasteiger partial charge is 0.481 e. The van der Waals surface area contributed by atoms with E-state index in [2.05, 4.69) is 25.3 Å². The molecule has 5 atom stereocenters. The fourth-order valence-electron chi connectivity index (χ4n) is 6.46. The first-order valence-corrected chi connectivity index (χ1v) is 12.3. The first-order chi connectivity index (χ1) is 16.7. The highest BCUT2D eigenvalue weighted by molar-refractivity contribution is 6.04. The number of aliphatic hydroxyl groups excluding tert-OH is 1. The van der Waals surface area contributed by atoms with Crippen LogP contribution in [0.2, 0.25) is 0 Å². The summed E-state index contributed by atoms with van der Waals surface area (Å²) >= 11 is 0. The zero-order valence-electron chi connectivity index (χ0n) is 20.6. The van der Waals surface area contributed by atoms with E-state index in [1.165, 1.54) is 4.90 Å². The van der Waals surface area contributed by atoms with E-state index in [1.54, 1.807) is 17.9 Å². The third-order valence-corrected chi connectivity index (χ3v) is 7.99. The zero-order chi connectivity index (χ0) is 25.5. The minimum atomic E-state index is -1.23. The van der Waals surface area contributed by atoms with Gasteiger partial charge >= 0.3 is 5.97 Å². The molecule has 3 aliphatic rings. The number of nitrogens with zero attached hydrogens (tertiary/aromatic N) is 3. The van der Waals surface area contributed by atoms with Gasteiger partial charge in [-0.2, -0.15) is 0 Å². The van der Waals surface area contributed by atoms with Crippen LogP contribution >= 0.6 is 0 Å². The number of fused-ring (bicyclic) bond motifs is 1. The maximum atomic E-state index is 14.2. The molecule has 2 unspecified atom stereocenters. The lowest BCUT2D eigenvalue weighted by Crippen LogP contribution is -2.56. The lowest BCUT2D eigenvalue weighted by molar-refractivity contribution is -0.154. The quantitative estimate of drug-likeness (QED) is 0.487. The van der Waals surface area contributed by atoms with Gasteiger partial charge in [0.25, 0.3) is 5.91 Å². The fourth-order valence-corrected chi connectivity index (χ4v) is 6.46. The molecule has 9 nitrogen and oxygen atoms in total. The van der Waals surface area contributed by atoms with Crippen LogP contribution in [0.15, 0.2) is 36.9 Å². The third kappa shape index (κ3) is 3.72. The van der Waals surface area contributed by atoms with Crippen molar-refractivity contribution in [2.75, 3.05) is 42.6 Å². The van der Waals surface area contributed by atoms with Gasteiger partial charge in [0.1, 0.15) is 11.6 Å². The molecular weight excluding hydrogens is 450 g/mol. The van der Waals surface area contributed by atoms with E-state index in [0.29, 0.717) is 18.5 Å². The molecule has 2 N–H and O–H groups in total. The van der Waals surface area contributed by atoms with Crippen LogP contribution in [0, 0.1) is 11.8 Å². The van der Waals surface area contributed by atoms with Crippen LogP contribution in [0.25, 0.3) is 0 Å². The predicted molar refractivity (Wildman–Crippen MR) is 131 cm³/mol. The number of hydrogen-bond donors (Lipinski definition) is 2. The van der Waals surface area contributed by atoms with E-state index >= 15 is 0 Å². The zero-order valence-corrected chi connectivity index (χ0v) is 20.6. The highest BCUT2D eigenvalue weighted by Crippen LogP contribution is 2.63. The van der Waals surface area contributed by atoms with Crippen LogP contribution in [0.5, 0.6) is 0 Å². The Balaban J connectivity index is 1.74. The highest BCUT2D eigenvalue weighted by Gasteiger charge is 2.78. The number of aliphatic hydroxyl groups is 1. The van der Waals surface area contributed by atoms with Crippen molar-refractivity contribution in [3.8, 4) is 0 Å². The van der Waals surface area contributed by atoms with Gasteiger partial charge in [0.05, 0.1) is 24.0 Å². The number of hydrogen-bond acceptors (Lipinski definition) is 6. The van der Waals surface area contributed by atoms with E-state index in [4.69, 9.17) is 4.74 Å². The average Bonchev–Trinajstić information content (AvgIpc) is 3.40. The number of likely N-dealkylation sites (tertiary alicyclic amines) is 1. The first-order valence-electron chi connectivity index (χ1n) is 12.3. The van der Waals surface area contributed by atoms with Crippen LogP contribution in [0.3, 0.4) is 0 Å². The Bertz CT molecular complexity index is 1010. The van der Waals surface area contributed by atoms with E-state index < -0.39 is 41.0 Å². The molecule has 0 aromatic heterocycles. The highest BCUT2D eigenvalue weighted by atomic mass is 16.5. The molecule has 4 rings (SSSR count). The second-order valence-corrected chi connectivity index (χ2v) is 9.75. The fraction of sp³-hybridized carbons (Fsp3) is 0.577. The lowest BCUT2D eigenvalue weighted by atomic mass is 9.66. The van der Waals surface area contributed by atoms with Crippen LogP contribution < -0.4 is 9.80 Å². The molecule has 3 fully saturated rings. The summed E-state index contributed by atoms with van der Waals surface area (Å²) in [5, 5.41) is 19.7. The van der Waals surface area contributed by atoms with Crippen molar-refractivity contribution in [1.82, 2.24) is 4.90 Å². The molecule has 1 aromatic carbocycles. The van der Waals surface area contributed by atoms with Gasteiger partial charge in [-0.15, -0.1) is 6.58 Å². The normalized spacial score (nSPS) is 30.9. The molecule has 0 radical (unpaired) electrons. The molecule has 35 heavy (non-hydrogen) atoms. The van der Waals surface area contributed by atoms with Crippen molar-refractivity contribution in [2.24, 2.45) is 11.8 Å². The number of carbonyl (C=O) groups excluding carboxylic acids is 2. The molecule has 2 amide bonds. The summed E-state index contributed by atoms with van der Waals surface area (Å²) in [4.78, 5) is 45.0. The molecular formula is C26H35N3O6. The maximum Gasteiger partial charge on any atom is 0.310 e. The summed E-state index contributed by atoms with van der Waals surface area (Å²) in [6, 6.07) is 6.62. The number of β-amino-alcohol motifs (C(OH)–C–C–N with tert-alkyl or cyclic N) is 1. The minimum absolute atomic E-state index is 0.0667. The Hall–Kier alpha value is -2.91. The topological polar surface area (TPSA) is 111 Å². The molecule has 190 valence electrons. The Kier molecular flexibility index (Phi) is 6.68. The number of carbonyl (C=O) groups is 3. The number of carboxylic acid groups (broad SMARTS) is 1. The van der Waals surface area contributed by atoms with E-state index in [0.717, 1.165) is 18.8 Å². The molecule has 1 aromatic rings. The van der Waals surface area contributed by atoms with Gasteiger partial charge in [-0.1, -0.05) is 6.08 Å². The van der Waals surface area contributed by atoms with Gasteiger partial charge in [-0.3, -0.25) is 14.4 Å². The second-order valence-electron chi connectivity index (χ2n) is 9.75. The summed E-state index contributed by atoms with van der Waals surface area (Å²) < 4.78 is 6.36. The molecule has 0 saturated carbocycles. The van der Waals surface area contributed by atoms with E-state index in [1.807, 2.05) is 24.3 Å². The number of rotatable bonds is 10. The van der Waals surface area contributed by atoms with Crippen molar-refractivity contribution in [1.29, 1.82) is 0 Å². The van der Waals surface area contributed by atoms with Crippen LogP contribution in [0.1, 0.15) is 33.6 Å². The van der Waals surface area contributed by atoms with Gasteiger partial charge in [0, 0.05) is 37.6 Å². The second kappa shape index (κ2) is 9.28. The molecule has 2 bridgehead atoms. The van der Waals surface area contributed by atoms with Crippen LogP contribution in [0.4, 0.5) is 11.4 Å². The van der Waals surface area contributed by atoms with Gasteiger partial charge in [-0.25, -0.2) is 0 Å². The average molecular weight is 486 g/mol. The Morgan fingerprint density at radius 1 is 1.20 bits per heavy atom. The number of amides is 2. The Morgan fingerprint density at radius 2 is 1.83 bits per heavy atom. The number of anilines is 2. The van der Waals surface area contributed by atoms with Crippen molar-refractivity contribution in [3.63, 3.8) is 0 Å². The van der Waals surface area contributed by atoms with Crippen molar-refractivity contribution in [2.45, 2.75) is 50.9 Å². The first kappa shape index (κ1) is 25.2. The summed E-state index contributed by atoms with van der Waals surface area (Å²) in [6.45, 7) is 11.2. The van der Waals surface area contributed by atoms with Crippen molar-refractivity contribution in [3.05, 3.63) is 36.9 Å². The smallest absolute Gasteiger partial charge is 0.310 e. The predicted octanol–water partition coefficient (Wildman–Crippen LogP) is 1.89. The number of ether oxygens (including phenoxy) is 1. The maximum absolute atomic E-state index is 14.2. The summed E-state index contributed by atoms with van der Waals surface area (Å²) in [6.07, 6.45) is 2.47. The van der Waals surface area contributed by atoms with Gasteiger partial charge in [-0.05, 0) is 57.9 Å². The standard InChI is InChI=1S/C26H35N3O6/c1-5-14-28(18-10-8-17(9-11-18)27(6-2)7-3)23(32)21-26-13-12-25(4,35-26)20(24(33)34)19(26)22(31)29(21)15-16-30/h5,8-11,19-21,30H,1,6-7,12-16H2,2-4H3,(H,33,34)/t19-,20+,21?,25-,26?/m0/s1. The lowest BCUT2D eigenvalue weighted by Gasteiger charge is -2.36. The molecule has 0 aliphatic carbocycles. The van der Waals surface area contributed by atoms with Crippen LogP contribution in [-0.4, -0.2) is 82.9 Å². The third-order valence-electron chi connectivity index (χ3n) is 7.99. The van der Waals surface area contributed by atoms with E-state index in [9.17, 15) is 24.6 Å². The molecule has 3 saturated heterocycles. The number of benzene rings is 1. The minimum Gasteiger partial charge on any atom is -0.481 e.